The lowest BCUT2D eigenvalue weighted by Gasteiger charge is -2.36. The van der Waals surface area contributed by atoms with Gasteiger partial charge in [0.15, 0.2) is 0 Å². The van der Waals surface area contributed by atoms with Gasteiger partial charge in [0.1, 0.15) is 6.04 Å². The van der Waals surface area contributed by atoms with E-state index in [0.717, 1.165) is 36.3 Å². The summed E-state index contributed by atoms with van der Waals surface area (Å²) >= 11 is 0. The second-order valence-electron chi connectivity index (χ2n) is 8.07. The third-order valence-corrected chi connectivity index (χ3v) is 6.27. The van der Waals surface area contributed by atoms with Crippen LogP contribution in [0.1, 0.15) is 45.9 Å². The molecule has 0 aliphatic carbocycles. The molecule has 3 aliphatic rings. The van der Waals surface area contributed by atoms with Gasteiger partial charge in [-0.1, -0.05) is 18.2 Å². The predicted octanol–water partition coefficient (Wildman–Crippen LogP) is 0.317. The van der Waals surface area contributed by atoms with Gasteiger partial charge < -0.3 is 10.2 Å². The number of carbonyl (C=O) groups excluding carboxylic acids is 3. The van der Waals surface area contributed by atoms with Crippen LogP contribution in [-0.2, 0) is 22.7 Å². The fourth-order valence-corrected chi connectivity index (χ4v) is 4.75. The van der Waals surface area contributed by atoms with Crippen molar-refractivity contribution in [1.29, 1.82) is 0 Å². The number of nitrogens with one attached hydrogen (secondary N) is 3. The van der Waals surface area contributed by atoms with E-state index in [1.165, 1.54) is 0 Å². The molecule has 1 aromatic carbocycles. The number of hydrogen-bond acceptors (Lipinski definition) is 6. The average molecular weight is 408 g/mol. The molecule has 9 heteroatoms. The van der Waals surface area contributed by atoms with Crippen molar-refractivity contribution in [3.8, 4) is 0 Å². The number of carbonyl (C=O) groups is 3. The molecule has 156 valence electrons. The third-order valence-electron chi connectivity index (χ3n) is 6.27. The van der Waals surface area contributed by atoms with E-state index in [2.05, 4.69) is 25.7 Å². The summed E-state index contributed by atoms with van der Waals surface area (Å²) in [7, 11) is 0. The summed E-state index contributed by atoms with van der Waals surface area (Å²) in [6, 6.07) is 5.52. The SMILES string of the molecule is O=C1CCC(N2Cc3cccc(CN4CCNCC4c4cn[nH]c4)c3C2=O)C(=O)N1. The van der Waals surface area contributed by atoms with Gasteiger partial charge in [0.05, 0.1) is 12.2 Å². The zero-order valence-electron chi connectivity index (χ0n) is 16.6. The van der Waals surface area contributed by atoms with E-state index in [4.69, 9.17) is 0 Å². The van der Waals surface area contributed by atoms with Crippen LogP contribution >= 0.6 is 0 Å². The second kappa shape index (κ2) is 7.66. The van der Waals surface area contributed by atoms with E-state index in [0.29, 0.717) is 25.1 Å². The monoisotopic (exact) mass is 408 g/mol. The van der Waals surface area contributed by atoms with Gasteiger partial charge in [-0.3, -0.25) is 29.7 Å². The van der Waals surface area contributed by atoms with Crippen molar-refractivity contribution in [2.24, 2.45) is 0 Å². The minimum absolute atomic E-state index is 0.120. The number of amides is 3. The quantitative estimate of drug-likeness (QED) is 0.629. The first-order valence-electron chi connectivity index (χ1n) is 10.3. The summed E-state index contributed by atoms with van der Waals surface area (Å²) < 4.78 is 0. The number of hydrogen-bond donors (Lipinski definition) is 3. The lowest BCUT2D eigenvalue weighted by Crippen LogP contribution is -2.52. The number of aromatic nitrogens is 2. The fourth-order valence-electron chi connectivity index (χ4n) is 4.75. The van der Waals surface area contributed by atoms with Crippen molar-refractivity contribution in [3.05, 3.63) is 52.8 Å². The molecular formula is C21H24N6O3. The molecule has 3 aliphatic heterocycles. The minimum atomic E-state index is -0.590. The highest BCUT2D eigenvalue weighted by atomic mass is 16.2. The number of fused-ring (bicyclic) bond motifs is 1. The van der Waals surface area contributed by atoms with Crippen LogP contribution in [0.15, 0.2) is 30.6 Å². The Hall–Kier alpha value is -3.04. The molecule has 3 N–H and O–H groups in total. The molecule has 4 heterocycles. The second-order valence-corrected chi connectivity index (χ2v) is 8.07. The number of nitrogens with zero attached hydrogens (tertiary/aromatic N) is 3. The standard InChI is InChI=1S/C21H24N6O3/c28-18-5-4-16(20(29)25-18)27-12-14-3-1-2-13(19(14)21(27)30)11-26-7-6-22-10-17(26)15-8-23-24-9-15/h1-3,8-9,16-17,22H,4-7,10-12H2,(H,23,24)(H,25,28,29). The number of aromatic amines is 1. The molecule has 2 atom stereocenters. The zero-order valence-corrected chi connectivity index (χ0v) is 16.6. The molecule has 1 aromatic heterocycles. The molecule has 0 radical (unpaired) electrons. The highest BCUT2D eigenvalue weighted by Crippen LogP contribution is 2.32. The normalized spacial score (nSPS) is 24.8. The van der Waals surface area contributed by atoms with Crippen molar-refractivity contribution in [2.75, 3.05) is 19.6 Å². The van der Waals surface area contributed by atoms with E-state index in [1.54, 1.807) is 4.90 Å². The average Bonchev–Trinajstić information content (AvgIpc) is 3.38. The number of H-pyrrole nitrogens is 1. The molecule has 30 heavy (non-hydrogen) atoms. The van der Waals surface area contributed by atoms with Crippen molar-refractivity contribution in [2.45, 2.75) is 38.0 Å². The predicted molar refractivity (Wildman–Crippen MR) is 107 cm³/mol. The molecule has 3 amide bonds. The summed E-state index contributed by atoms with van der Waals surface area (Å²) in [6.07, 6.45) is 4.39. The zero-order chi connectivity index (χ0) is 20.7. The molecule has 2 saturated heterocycles. The van der Waals surface area contributed by atoms with Crippen LogP contribution in [0.3, 0.4) is 0 Å². The first-order valence-corrected chi connectivity index (χ1v) is 10.3. The number of imide groups is 1. The van der Waals surface area contributed by atoms with E-state index < -0.39 is 6.04 Å². The Morgan fingerprint density at radius 3 is 2.87 bits per heavy atom. The summed E-state index contributed by atoms with van der Waals surface area (Å²) in [5.74, 6) is -0.772. The van der Waals surface area contributed by atoms with Gasteiger partial charge in [-0.05, 0) is 17.5 Å². The summed E-state index contributed by atoms with van der Waals surface area (Å²) in [4.78, 5) is 41.1. The Labute approximate surface area is 173 Å². The van der Waals surface area contributed by atoms with Gasteiger partial charge in [-0.15, -0.1) is 0 Å². The third kappa shape index (κ3) is 3.29. The van der Waals surface area contributed by atoms with Crippen LogP contribution in [0.4, 0.5) is 0 Å². The maximum absolute atomic E-state index is 13.3. The molecule has 0 spiro atoms. The molecule has 2 fully saturated rings. The highest BCUT2D eigenvalue weighted by molar-refractivity contribution is 6.06. The maximum atomic E-state index is 13.3. The Balaban J connectivity index is 1.39. The van der Waals surface area contributed by atoms with Gasteiger partial charge in [0, 0.05) is 56.5 Å². The van der Waals surface area contributed by atoms with Gasteiger partial charge >= 0.3 is 0 Å². The van der Waals surface area contributed by atoms with Gasteiger partial charge in [0.25, 0.3) is 5.91 Å². The Kier molecular flexibility index (Phi) is 4.84. The van der Waals surface area contributed by atoms with Crippen LogP contribution in [-0.4, -0.2) is 63.4 Å². The molecule has 0 saturated carbocycles. The van der Waals surface area contributed by atoms with E-state index in [1.807, 2.05) is 30.6 Å². The molecule has 0 bridgehead atoms. The highest BCUT2D eigenvalue weighted by Gasteiger charge is 2.40. The van der Waals surface area contributed by atoms with Crippen LogP contribution in [0.5, 0.6) is 0 Å². The lowest BCUT2D eigenvalue weighted by molar-refractivity contribution is -0.136. The lowest BCUT2D eigenvalue weighted by atomic mass is 10.00. The number of benzene rings is 1. The fraction of sp³-hybridized carbons (Fsp3) is 0.429. The summed E-state index contributed by atoms with van der Waals surface area (Å²) in [5.41, 5.74) is 3.73. The van der Waals surface area contributed by atoms with Gasteiger partial charge in [-0.2, -0.15) is 5.10 Å². The number of rotatable bonds is 4. The van der Waals surface area contributed by atoms with Crippen molar-refractivity contribution in [1.82, 2.24) is 30.6 Å². The maximum Gasteiger partial charge on any atom is 0.255 e. The minimum Gasteiger partial charge on any atom is -0.322 e. The van der Waals surface area contributed by atoms with Crippen molar-refractivity contribution < 1.29 is 14.4 Å². The largest absolute Gasteiger partial charge is 0.322 e. The molecule has 2 aromatic rings. The first-order chi connectivity index (χ1) is 14.6. The van der Waals surface area contributed by atoms with Crippen LogP contribution in [0.25, 0.3) is 0 Å². The van der Waals surface area contributed by atoms with Crippen molar-refractivity contribution >= 4 is 17.7 Å². The van der Waals surface area contributed by atoms with E-state index >= 15 is 0 Å². The topological polar surface area (TPSA) is 110 Å². The van der Waals surface area contributed by atoms with Crippen molar-refractivity contribution in [3.63, 3.8) is 0 Å². The number of piperazine rings is 1. The first kappa shape index (κ1) is 19.0. The van der Waals surface area contributed by atoms with Crippen LogP contribution < -0.4 is 10.6 Å². The van der Waals surface area contributed by atoms with Crippen LogP contribution in [0, 0.1) is 0 Å². The Morgan fingerprint density at radius 2 is 2.07 bits per heavy atom. The van der Waals surface area contributed by atoms with E-state index in [9.17, 15) is 14.4 Å². The molecule has 9 nitrogen and oxygen atoms in total. The number of piperidine rings is 1. The van der Waals surface area contributed by atoms with Crippen LogP contribution in [0.2, 0.25) is 0 Å². The Morgan fingerprint density at radius 1 is 1.17 bits per heavy atom. The summed E-state index contributed by atoms with van der Waals surface area (Å²) in [5, 5.41) is 12.8. The molecule has 5 rings (SSSR count). The van der Waals surface area contributed by atoms with E-state index in [-0.39, 0.29) is 30.2 Å². The van der Waals surface area contributed by atoms with Gasteiger partial charge in [0.2, 0.25) is 11.8 Å². The van der Waals surface area contributed by atoms with Gasteiger partial charge in [-0.25, -0.2) is 0 Å². The molecular weight excluding hydrogens is 384 g/mol. The smallest absolute Gasteiger partial charge is 0.255 e. The molecule has 2 unspecified atom stereocenters. The summed E-state index contributed by atoms with van der Waals surface area (Å²) in [6.45, 7) is 3.63. The Bertz CT molecular complexity index is 989.